The Labute approximate surface area is 161 Å². The van der Waals surface area contributed by atoms with Crippen LogP contribution >= 0.6 is 22.6 Å². The predicted molar refractivity (Wildman–Crippen MR) is 107 cm³/mol. The Kier molecular flexibility index (Phi) is 6.06. The van der Waals surface area contributed by atoms with Crippen molar-refractivity contribution in [3.63, 3.8) is 0 Å². The zero-order valence-corrected chi connectivity index (χ0v) is 16.4. The van der Waals surface area contributed by atoms with Crippen molar-refractivity contribution in [2.75, 3.05) is 18.4 Å². The molecule has 1 fully saturated rings. The van der Waals surface area contributed by atoms with Crippen LogP contribution in [-0.2, 0) is 11.3 Å². The number of halogens is 2. The minimum Gasteiger partial charge on any atom is -0.326 e. The monoisotopic (exact) mass is 452 g/mol. The second-order valence-electron chi connectivity index (χ2n) is 6.61. The molecule has 1 unspecified atom stereocenters. The molecule has 1 amide bonds. The van der Waals surface area contributed by atoms with Gasteiger partial charge in [0.1, 0.15) is 5.82 Å². The van der Waals surface area contributed by atoms with Crippen LogP contribution in [0.5, 0.6) is 0 Å². The first-order valence-electron chi connectivity index (χ1n) is 8.55. The number of rotatable bonds is 4. The van der Waals surface area contributed by atoms with Gasteiger partial charge in [0.15, 0.2) is 0 Å². The van der Waals surface area contributed by atoms with Gasteiger partial charge in [0.25, 0.3) is 0 Å². The fourth-order valence-electron chi connectivity index (χ4n) is 3.28. The van der Waals surface area contributed by atoms with E-state index in [0.717, 1.165) is 34.2 Å². The predicted octanol–water partition coefficient (Wildman–Crippen LogP) is 4.59. The topological polar surface area (TPSA) is 32.3 Å². The van der Waals surface area contributed by atoms with Gasteiger partial charge >= 0.3 is 0 Å². The zero-order chi connectivity index (χ0) is 17.8. The summed E-state index contributed by atoms with van der Waals surface area (Å²) in [6, 6.07) is 12.9. The molecule has 5 heteroatoms. The number of aryl methyl sites for hydroxylation is 1. The van der Waals surface area contributed by atoms with Crippen molar-refractivity contribution in [3.05, 3.63) is 63.0 Å². The molecule has 1 aliphatic rings. The van der Waals surface area contributed by atoms with Crippen molar-refractivity contribution in [2.45, 2.75) is 26.3 Å². The summed E-state index contributed by atoms with van der Waals surface area (Å²) in [6.45, 7) is 4.13. The van der Waals surface area contributed by atoms with Gasteiger partial charge in [-0.2, -0.15) is 0 Å². The summed E-state index contributed by atoms with van der Waals surface area (Å²) in [5, 5.41) is 3.06. The summed E-state index contributed by atoms with van der Waals surface area (Å²) in [5.74, 6) is -0.176. The minimum atomic E-state index is -0.177. The number of nitrogens with zero attached hydrogens (tertiary/aromatic N) is 1. The number of anilines is 1. The van der Waals surface area contributed by atoms with E-state index in [1.165, 1.54) is 6.07 Å². The smallest absolute Gasteiger partial charge is 0.228 e. The van der Waals surface area contributed by atoms with E-state index in [0.29, 0.717) is 18.7 Å². The van der Waals surface area contributed by atoms with Gasteiger partial charge in [0.05, 0.1) is 5.92 Å². The molecule has 0 radical (unpaired) electrons. The van der Waals surface area contributed by atoms with Crippen LogP contribution in [0, 0.1) is 22.2 Å². The van der Waals surface area contributed by atoms with Crippen LogP contribution in [0.4, 0.5) is 10.1 Å². The molecule has 2 aromatic rings. The molecule has 1 N–H and O–H groups in total. The summed E-state index contributed by atoms with van der Waals surface area (Å²) in [5.41, 5.74) is 2.63. The summed E-state index contributed by atoms with van der Waals surface area (Å²) >= 11 is 2.26. The largest absolute Gasteiger partial charge is 0.326 e. The molecule has 0 bridgehead atoms. The van der Waals surface area contributed by atoms with Gasteiger partial charge in [-0.15, -0.1) is 0 Å². The Morgan fingerprint density at radius 1 is 1.32 bits per heavy atom. The molecule has 1 atom stereocenters. The van der Waals surface area contributed by atoms with E-state index in [1.807, 2.05) is 31.2 Å². The van der Waals surface area contributed by atoms with Crippen LogP contribution in [0.15, 0.2) is 42.5 Å². The molecule has 0 spiro atoms. The number of likely N-dealkylation sites (tertiary alicyclic amines) is 1. The van der Waals surface area contributed by atoms with Gasteiger partial charge in [-0.05, 0) is 78.7 Å². The first-order valence-corrected chi connectivity index (χ1v) is 9.63. The van der Waals surface area contributed by atoms with Gasteiger partial charge in [-0.1, -0.05) is 18.2 Å². The normalized spacial score (nSPS) is 18.1. The molecule has 0 aromatic heterocycles. The van der Waals surface area contributed by atoms with Crippen molar-refractivity contribution >= 4 is 34.2 Å². The third-order valence-electron chi connectivity index (χ3n) is 4.67. The molecule has 0 saturated carbocycles. The SMILES string of the molecule is Cc1cc(I)ccc1NC(=O)C1CCCN(Cc2ccccc2F)C1. The van der Waals surface area contributed by atoms with E-state index in [1.54, 1.807) is 6.07 Å². The molecule has 2 aromatic carbocycles. The van der Waals surface area contributed by atoms with Crippen LogP contribution in [0.1, 0.15) is 24.0 Å². The Morgan fingerprint density at radius 2 is 2.12 bits per heavy atom. The van der Waals surface area contributed by atoms with Gasteiger partial charge in [0, 0.05) is 27.9 Å². The number of hydrogen-bond donors (Lipinski definition) is 1. The standard InChI is InChI=1S/C20H22FIN2O/c1-14-11-17(22)8-9-19(14)23-20(25)16-6-4-10-24(13-16)12-15-5-2-3-7-18(15)21/h2-3,5,7-9,11,16H,4,6,10,12-13H2,1H3,(H,23,25). The number of benzene rings is 2. The maximum Gasteiger partial charge on any atom is 0.228 e. The maximum atomic E-state index is 13.9. The van der Waals surface area contributed by atoms with Crippen molar-refractivity contribution in [3.8, 4) is 0 Å². The summed E-state index contributed by atoms with van der Waals surface area (Å²) in [4.78, 5) is 14.8. The lowest BCUT2D eigenvalue weighted by Crippen LogP contribution is -2.40. The van der Waals surface area contributed by atoms with Crippen LogP contribution in [0.2, 0.25) is 0 Å². The fourth-order valence-corrected chi connectivity index (χ4v) is 3.93. The average molecular weight is 452 g/mol. The van der Waals surface area contributed by atoms with Crippen LogP contribution in [0.25, 0.3) is 0 Å². The molecule has 25 heavy (non-hydrogen) atoms. The second-order valence-corrected chi connectivity index (χ2v) is 7.86. The lowest BCUT2D eigenvalue weighted by Gasteiger charge is -2.32. The highest BCUT2D eigenvalue weighted by molar-refractivity contribution is 14.1. The van der Waals surface area contributed by atoms with E-state index in [4.69, 9.17) is 0 Å². The first kappa shape index (κ1) is 18.3. The number of hydrogen-bond acceptors (Lipinski definition) is 2. The molecule has 1 saturated heterocycles. The molecule has 1 aliphatic heterocycles. The van der Waals surface area contributed by atoms with Gasteiger partial charge in [0.2, 0.25) is 5.91 Å². The Morgan fingerprint density at radius 3 is 2.88 bits per heavy atom. The number of carbonyl (C=O) groups is 1. The molecule has 132 valence electrons. The number of piperidine rings is 1. The number of carbonyl (C=O) groups excluding carboxylic acids is 1. The maximum absolute atomic E-state index is 13.9. The summed E-state index contributed by atoms with van der Waals surface area (Å²) in [7, 11) is 0. The molecule has 3 rings (SSSR count). The quantitative estimate of drug-likeness (QED) is 0.689. The Bertz CT molecular complexity index is 765. The molecule has 1 heterocycles. The van der Waals surface area contributed by atoms with Crippen molar-refractivity contribution in [1.29, 1.82) is 0 Å². The van der Waals surface area contributed by atoms with Crippen molar-refractivity contribution in [2.24, 2.45) is 5.92 Å². The highest BCUT2D eigenvalue weighted by atomic mass is 127. The fraction of sp³-hybridized carbons (Fsp3) is 0.350. The minimum absolute atomic E-state index is 0.0563. The second kappa shape index (κ2) is 8.27. The van der Waals surface area contributed by atoms with E-state index in [-0.39, 0.29) is 17.6 Å². The van der Waals surface area contributed by atoms with Crippen molar-refractivity contribution < 1.29 is 9.18 Å². The van der Waals surface area contributed by atoms with Gasteiger partial charge < -0.3 is 5.32 Å². The van der Waals surface area contributed by atoms with Crippen LogP contribution < -0.4 is 5.32 Å². The lowest BCUT2D eigenvalue weighted by molar-refractivity contribution is -0.121. The van der Waals surface area contributed by atoms with E-state index in [9.17, 15) is 9.18 Å². The number of nitrogens with one attached hydrogen (secondary N) is 1. The van der Waals surface area contributed by atoms with Gasteiger partial charge in [-0.3, -0.25) is 9.69 Å². The first-order chi connectivity index (χ1) is 12.0. The summed E-state index contributed by atoms with van der Waals surface area (Å²) < 4.78 is 15.0. The third-order valence-corrected chi connectivity index (χ3v) is 5.35. The molecular formula is C20H22FIN2O. The summed E-state index contributed by atoms with van der Waals surface area (Å²) in [6.07, 6.45) is 1.83. The van der Waals surface area contributed by atoms with E-state index in [2.05, 4.69) is 38.9 Å². The Hall–Kier alpha value is -1.47. The van der Waals surface area contributed by atoms with Crippen LogP contribution in [0.3, 0.4) is 0 Å². The van der Waals surface area contributed by atoms with Gasteiger partial charge in [-0.25, -0.2) is 4.39 Å². The van der Waals surface area contributed by atoms with Crippen molar-refractivity contribution in [1.82, 2.24) is 4.90 Å². The van der Waals surface area contributed by atoms with Crippen LogP contribution in [-0.4, -0.2) is 23.9 Å². The third kappa shape index (κ3) is 4.79. The molecule has 0 aliphatic carbocycles. The lowest BCUT2D eigenvalue weighted by atomic mass is 9.96. The molecular weight excluding hydrogens is 430 g/mol. The zero-order valence-electron chi connectivity index (χ0n) is 14.3. The highest BCUT2D eigenvalue weighted by Crippen LogP contribution is 2.23. The van der Waals surface area contributed by atoms with E-state index >= 15 is 0 Å². The average Bonchev–Trinajstić information content (AvgIpc) is 2.60. The number of amides is 1. The highest BCUT2D eigenvalue weighted by Gasteiger charge is 2.26. The van der Waals surface area contributed by atoms with E-state index < -0.39 is 0 Å². The Balaban J connectivity index is 1.62. The molecule has 3 nitrogen and oxygen atoms in total.